The largest absolute Gasteiger partial charge is 0.756 e. The van der Waals surface area contributed by atoms with Gasteiger partial charge in [-0.15, -0.1) is 0 Å². The number of aliphatic hydroxyl groups excluding tert-OH is 1. The van der Waals surface area contributed by atoms with E-state index in [1.54, 1.807) is 6.08 Å². The fraction of sp³-hybridized carbons (Fsp3) is 0.899. The number of phosphoric ester groups is 1. The SMILES string of the molecule is CCCCCCCCCCCCCCCC/C=C/CC/C=C/CC/C=C/C(O)C(COP(=O)([O-])OCC[N+](C)(C)C)NC(=O)CCCCCCCCCCCCCCCCCCCCCCCCCCCCCCCCCC. The molecule has 0 aromatic rings. The third-order valence-corrected chi connectivity index (χ3v) is 16.8. The normalized spacial score (nSPS) is 13.9. The van der Waals surface area contributed by atoms with E-state index < -0.39 is 26.6 Å². The summed E-state index contributed by atoms with van der Waals surface area (Å²) in [4.78, 5) is 25.6. The average Bonchev–Trinajstić information content (AvgIpc) is 3.41. The molecule has 0 aliphatic rings. The van der Waals surface area contributed by atoms with Crippen LogP contribution in [0, 0.1) is 0 Å². The maximum Gasteiger partial charge on any atom is 0.268 e. The van der Waals surface area contributed by atoms with Gasteiger partial charge in [0.2, 0.25) is 5.91 Å². The number of unbranched alkanes of at least 4 members (excludes halogenated alkanes) is 47. The minimum Gasteiger partial charge on any atom is -0.756 e. The van der Waals surface area contributed by atoms with Gasteiger partial charge in [0.25, 0.3) is 7.82 Å². The monoisotopic (exact) mass is 1120 g/mol. The standard InChI is InChI=1S/C69H135N2O6P/c1-6-8-10-12-14-16-18-20-22-24-26-28-30-32-33-34-35-36-37-38-39-41-43-45-47-49-51-53-55-57-59-61-63-69(73)70-67(66-77-78(74,75)76-65-64-71(3,4)5)68(72)62-60-58-56-54-52-50-48-46-44-42-40-31-29-27-25-23-21-19-17-15-13-11-9-7-2/h44,46,52,54,60,62,67-68,72H,6-43,45,47-51,53,55-59,61,63-66H2,1-5H3,(H-,70,73,74,75)/b46-44+,54-52+,62-60+. The molecule has 0 rings (SSSR count). The van der Waals surface area contributed by atoms with Crippen LogP contribution in [0.5, 0.6) is 0 Å². The van der Waals surface area contributed by atoms with Crippen molar-refractivity contribution < 1.29 is 32.9 Å². The summed E-state index contributed by atoms with van der Waals surface area (Å²) in [5.74, 6) is -0.204. The van der Waals surface area contributed by atoms with Gasteiger partial charge in [-0.05, 0) is 44.9 Å². The van der Waals surface area contributed by atoms with Crippen molar-refractivity contribution in [3.8, 4) is 0 Å². The van der Waals surface area contributed by atoms with E-state index in [0.717, 1.165) is 44.9 Å². The number of rotatable bonds is 64. The molecular formula is C69H135N2O6P. The summed E-state index contributed by atoms with van der Waals surface area (Å²) in [5.41, 5.74) is 0. The molecule has 8 nitrogen and oxygen atoms in total. The van der Waals surface area contributed by atoms with E-state index in [2.05, 4.69) is 43.5 Å². The van der Waals surface area contributed by atoms with Crippen molar-refractivity contribution in [3.05, 3.63) is 36.5 Å². The number of carbonyl (C=O) groups excluding carboxylic acids is 1. The zero-order valence-corrected chi connectivity index (χ0v) is 53.8. The predicted octanol–water partition coefficient (Wildman–Crippen LogP) is 21.0. The van der Waals surface area contributed by atoms with E-state index in [0.29, 0.717) is 17.4 Å². The molecule has 0 aliphatic heterocycles. The summed E-state index contributed by atoms with van der Waals surface area (Å²) in [6, 6.07) is -0.909. The van der Waals surface area contributed by atoms with Crippen molar-refractivity contribution in [3.63, 3.8) is 0 Å². The molecule has 3 unspecified atom stereocenters. The molecule has 0 heterocycles. The Morgan fingerprint density at radius 2 is 0.718 bits per heavy atom. The molecule has 0 aliphatic carbocycles. The second-order valence-corrected chi connectivity index (χ2v) is 26.3. The lowest BCUT2D eigenvalue weighted by atomic mass is 10.0. The number of hydrogen-bond acceptors (Lipinski definition) is 6. The van der Waals surface area contributed by atoms with Gasteiger partial charge >= 0.3 is 0 Å². The van der Waals surface area contributed by atoms with Gasteiger partial charge in [-0.1, -0.05) is 333 Å². The van der Waals surface area contributed by atoms with Crippen molar-refractivity contribution in [1.29, 1.82) is 0 Å². The molecule has 0 aromatic heterocycles. The van der Waals surface area contributed by atoms with E-state index in [1.807, 2.05) is 27.2 Å². The minimum atomic E-state index is -4.61. The van der Waals surface area contributed by atoms with Crippen molar-refractivity contribution in [1.82, 2.24) is 5.32 Å². The lowest BCUT2D eigenvalue weighted by Crippen LogP contribution is -2.45. The number of nitrogens with zero attached hydrogens (tertiary/aromatic N) is 1. The second-order valence-electron chi connectivity index (χ2n) is 24.9. The van der Waals surface area contributed by atoms with Crippen LogP contribution in [0.15, 0.2) is 36.5 Å². The Morgan fingerprint density at radius 1 is 0.436 bits per heavy atom. The van der Waals surface area contributed by atoms with Gasteiger partial charge in [-0.3, -0.25) is 9.36 Å². The Bertz CT molecular complexity index is 1360. The first-order valence-electron chi connectivity index (χ1n) is 34.4. The van der Waals surface area contributed by atoms with E-state index in [1.165, 1.54) is 283 Å². The summed E-state index contributed by atoms with van der Waals surface area (Å²) < 4.78 is 23.4. The summed E-state index contributed by atoms with van der Waals surface area (Å²) >= 11 is 0. The van der Waals surface area contributed by atoms with Crippen molar-refractivity contribution in [2.24, 2.45) is 0 Å². The van der Waals surface area contributed by atoms with Crippen molar-refractivity contribution in [2.75, 3.05) is 40.9 Å². The molecule has 462 valence electrons. The lowest BCUT2D eigenvalue weighted by molar-refractivity contribution is -0.870. The van der Waals surface area contributed by atoms with Crippen molar-refractivity contribution in [2.45, 2.75) is 360 Å². The van der Waals surface area contributed by atoms with Crippen LogP contribution < -0.4 is 10.2 Å². The molecule has 0 saturated heterocycles. The van der Waals surface area contributed by atoms with E-state index in [9.17, 15) is 19.4 Å². The molecular weight excluding hydrogens is 984 g/mol. The first-order valence-corrected chi connectivity index (χ1v) is 35.8. The highest BCUT2D eigenvalue weighted by atomic mass is 31.2. The Kier molecular flexibility index (Phi) is 59.3. The highest BCUT2D eigenvalue weighted by molar-refractivity contribution is 7.45. The minimum absolute atomic E-state index is 0.00713. The quantitative estimate of drug-likeness (QED) is 0.0272. The molecule has 0 radical (unpaired) electrons. The molecule has 0 saturated carbocycles. The lowest BCUT2D eigenvalue weighted by Gasteiger charge is -2.29. The van der Waals surface area contributed by atoms with Crippen LogP contribution >= 0.6 is 7.82 Å². The zero-order chi connectivity index (χ0) is 57.0. The van der Waals surface area contributed by atoms with Crippen LogP contribution in [0.2, 0.25) is 0 Å². The average molecular weight is 1120 g/mol. The Balaban J connectivity index is 4.08. The predicted molar refractivity (Wildman–Crippen MR) is 339 cm³/mol. The Hall–Kier alpha value is -1.28. The van der Waals surface area contributed by atoms with Crippen molar-refractivity contribution >= 4 is 13.7 Å². The van der Waals surface area contributed by atoms with Gasteiger partial charge < -0.3 is 28.8 Å². The van der Waals surface area contributed by atoms with Crippen LogP contribution in [-0.4, -0.2) is 68.5 Å². The zero-order valence-electron chi connectivity index (χ0n) is 52.9. The van der Waals surface area contributed by atoms with Gasteiger partial charge in [-0.25, -0.2) is 0 Å². The molecule has 0 aromatic carbocycles. The maximum absolute atomic E-state index is 13.0. The molecule has 1 amide bonds. The first kappa shape index (κ1) is 76.7. The summed E-state index contributed by atoms with van der Waals surface area (Å²) in [6.07, 6.45) is 79.9. The Labute approximate surface area is 487 Å². The fourth-order valence-corrected chi connectivity index (χ4v) is 11.2. The number of allylic oxidation sites excluding steroid dienone is 5. The number of quaternary nitrogens is 1. The van der Waals surface area contributed by atoms with Gasteiger partial charge in [0, 0.05) is 6.42 Å². The van der Waals surface area contributed by atoms with Crippen LogP contribution in [0.3, 0.4) is 0 Å². The second kappa shape index (κ2) is 60.3. The number of likely N-dealkylation sites (N-methyl/N-ethyl adjacent to an activating group) is 1. The number of nitrogens with one attached hydrogen (secondary N) is 1. The molecule has 9 heteroatoms. The fourth-order valence-electron chi connectivity index (χ4n) is 10.5. The van der Waals surface area contributed by atoms with Gasteiger partial charge in [0.1, 0.15) is 13.2 Å². The van der Waals surface area contributed by atoms with Crippen LogP contribution in [0.25, 0.3) is 0 Å². The molecule has 3 atom stereocenters. The number of carbonyl (C=O) groups is 1. The summed E-state index contributed by atoms with van der Waals surface area (Å²) in [5, 5.41) is 13.9. The van der Waals surface area contributed by atoms with E-state index in [-0.39, 0.29) is 12.5 Å². The third-order valence-electron chi connectivity index (χ3n) is 15.8. The molecule has 78 heavy (non-hydrogen) atoms. The van der Waals surface area contributed by atoms with Crippen LogP contribution in [0.4, 0.5) is 0 Å². The number of hydrogen-bond donors (Lipinski definition) is 2. The maximum atomic E-state index is 13.0. The van der Waals surface area contributed by atoms with E-state index >= 15 is 0 Å². The van der Waals surface area contributed by atoms with Gasteiger partial charge in [0.15, 0.2) is 0 Å². The smallest absolute Gasteiger partial charge is 0.268 e. The van der Waals surface area contributed by atoms with Gasteiger partial charge in [0.05, 0.1) is 39.9 Å². The number of aliphatic hydroxyl groups is 1. The molecule has 0 spiro atoms. The first-order chi connectivity index (χ1) is 38.0. The van der Waals surface area contributed by atoms with E-state index in [4.69, 9.17) is 9.05 Å². The molecule has 0 bridgehead atoms. The van der Waals surface area contributed by atoms with Gasteiger partial charge in [-0.2, -0.15) is 0 Å². The topological polar surface area (TPSA) is 108 Å². The highest BCUT2D eigenvalue weighted by Gasteiger charge is 2.23. The number of phosphoric acid groups is 1. The van der Waals surface area contributed by atoms with Crippen LogP contribution in [-0.2, 0) is 18.4 Å². The summed E-state index contributed by atoms with van der Waals surface area (Å²) in [7, 11) is 1.25. The molecule has 2 N–H and O–H groups in total. The highest BCUT2D eigenvalue weighted by Crippen LogP contribution is 2.38. The number of amides is 1. The summed E-state index contributed by atoms with van der Waals surface area (Å²) in [6.45, 7) is 4.68. The molecule has 0 fully saturated rings. The third kappa shape index (κ3) is 62.3. The van der Waals surface area contributed by atoms with Crippen LogP contribution in [0.1, 0.15) is 348 Å². The Morgan fingerprint density at radius 3 is 1.04 bits per heavy atom.